The fraction of sp³-hybridized carbons (Fsp3) is 0.278. The van der Waals surface area contributed by atoms with Gasteiger partial charge in [-0.2, -0.15) is 4.31 Å². The number of carbonyl (C=O) groups excluding carboxylic acids is 1. The van der Waals surface area contributed by atoms with Gasteiger partial charge >= 0.3 is 0 Å². The van der Waals surface area contributed by atoms with Gasteiger partial charge in [0, 0.05) is 24.8 Å². The number of carbonyl (C=O) groups is 1. The highest BCUT2D eigenvalue weighted by molar-refractivity contribution is 7.89. The van der Waals surface area contributed by atoms with Gasteiger partial charge in [0.05, 0.1) is 17.1 Å². The average Bonchev–Trinajstić information content (AvgIpc) is 2.63. The number of sulfonamides is 1. The van der Waals surface area contributed by atoms with E-state index in [1.54, 1.807) is 26.0 Å². The fourth-order valence-electron chi connectivity index (χ4n) is 2.45. The lowest BCUT2D eigenvalue weighted by Gasteiger charge is -2.19. The number of hydrogen-bond acceptors (Lipinski definition) is 4. The van der Waals surface area contributed by atoms with E-state index in [0.717, 1.165) is 12.1 Å². The molecule has 0 saturated carbocycles. The Labute approximate surface area is 157 Å². The lowest BCUT2D eigenvalue weighted by atomic mass is 10.3. The summed E-state index contributed by atoms with van der Waals surface area (Å²) in [5, 5.41) is 5.11. The van der Waals surface area contributed by atoms with Crippen LogP contribution in [0.1, 0.15) is 13.8 Å². The maximum absolute atomic E-state index is 13.6. The molecule has 146 valence electrons. The zero-order chi connectivity index (χ0) is 20.0. The molecular weight excluding hydrogens is 376 g/mol. The first-order valence-electron chi connectivity index (χ1n) is 8.37. The van der Waals surface area contributed by atoms with Crippen LogP contribution in [-0.4, -0.2) is 38.3 Å². The van der Waals surface area contributed by atoms with Gasteiger partial charge in [-0.15, -0.1) is 0 Å². The van der Waals surface area contributed by atoms with Gasteiger partial charge in [0.2, 0.25) is 15.9 Å². The predicted octanol–water partition coefficient (Wildman–Crippen LogP) is 3.05. The van der Waals surface area contributed by atoms with E-state index >= 15 is 0 Å². The number of nitrogens with zero attached hydrogens (tertiary/aromatic N) is 1. The van der Waals surface area contributed by atoms with Crippen molar-refractivity contribution in [2.45, 2.75) is 18.7 Å². The van der Waals surface area contributed by atoms with E-state index in [4.69, 9.17) is 0 Å². The highest BCUT2D eigenvalue weighted by atomic mass is 32.2. The quantitative estimate of drug-likeness (QED) is 0.718. The number of hydrogen-bond donors (Lipinski definition) is 2. The number of nitrogens with one attached hydrogen (secondary N) is 2. The Morgan fingerprint density at radius 2 is 1.78 bits per heavy atom. The summed E-state index contributed by atoms with van der Waals surface area (Å²) < 4.78 is 52.8. The third-order valence-electron chi connectivity index (χ3n) is 3.84. The SMILES string of the molecule is CCN(CC)S(=O)(=O)c1cccc(NCC(=O)Nc2ccc(F)cc2F)c1. The first-order chi connectivity index (χ1) is 12.8. The van der Waals surface area contributed by atoms with E-state index in [1.807, 2.05) is 0 Å². The van der Waals surface area contributed by atoms with Gasteiger partial charge in [0.1, 0.15) is 11.6 Å². The zero-order valence-electron chi connectivity index (χ0n) is 15.0. The van der Waals surface area contributed by atoms with Crippen molar-refractivity contribution >= 4 is 27.3 Å². The molecule has 2 N–H and O–H groups in total. The molecule has 0 aromatic heterocycles. The molecule has 0 spiro atoms. The van der Waals surface area contributed by atoms with Gasteiger partial charge in [0.15, 0.2) is 0 Å². The average molecular weight is 397 g/mol. The molecule has 0 aliphatic carbocycles. The lowest BCUT2D eigenvalue weighted by molar-refractivity contribution is -0.114. The van der Waals surface area contributed by atoms with Crippen LogP contribution in [-0.2, 0) is 14.8 Å². The smallest absolute Gasteiger partial charge is 0.243 e. The summed E-state index contributed by atoms with van der Waals surface area (Å²) in [6.45, 7) is 3.99. The molecule has 2 rings (SSSR count). The molecule has 0 aliphatic heterocycles. The third-order valence-corrected chi connectivity index (χ3v) is 5.88. The van der Waals surface area contributed by atoms with Crippen molar-refractivity contribution < 1.29 is 22.0 Å². The first kappa shape index (κ1) is 20.8. The van der Waals surface area contributed by atoms with Gasteiger partial charge in [-0.1, -0.05) is 19.9 Å². The molecule has 0 unspecified atom stereocenters. The summed E-state index contributed by atoms with van der Waals surface area (Å²) in [4.78, 5) is 12.1. The molecule has 0 saturated heterocycles. The van der Waals surface area contributed by atoms with Gasteiger partial charge in [0.25, 0.3) is 0 Å². The van der Waals surface area contributed by atoms with Crippen molar-refractivity contribution in [2.24, 2.45) is 0 Å². The van der Waals surface area contributed by atoms with Crippen LogP contribution in [0.2, 0.25) is 0 Å². The van der Waals surface area contributed by atoms with E-state index in [9.17, 15) is 22.0 Å². The molecule has 0 heterocycles. The molecule has 1 amide bonds. The van der Waals surface area contributed by atoms with Gasteiger partial charge in [-0.05, 0) is 30.3 Å². The van der Waals surface area contributed by atoms with Crippen LogP contribution >= 0.6 is 0 Å². The highest BCUT2D eigenvalue weighted by Gasteiger charge is 2.21. The standard InChI is InChI=1S/C18H21F2N3O3S/c1-3-23(4-2)27(25,26)15-7-5-6-14(11-15)21-12-18(24)22-17-9-8-13(19)10-16(17)20/h5-11,21H,3-4,12H2,1-2H3,(H,22,24). The Morgan fingerprint density at radius 3 is 2.41 bits per heavy atom. The molecule has 0 fully saturated rings. The minimum atomic E-state index is -3.61. The lowest BCUT2D eigenvalue weighted by Crippen LogP contribution is -2.30. The van der Waals surface area contributed by atoms with Crippen LogP contribution in [0.4, 0.5) is 20.2 Å². The summed E-state index contributed by atoms with van der Waals surface area (Å²) in [5.41, 5.74) is 0.291. The number of amides is 1. The molecule has 2 aromatic carbocycles. The van der Waals surface area contributed by atoms with Crippen LogP contribution in [0.5, 0.6) is 0 Å². The molecule has 0 radical (unpaired) electrons. The summed E-state index contributed by atoms with van der Waals surface area (Å²) >= 11 is 0. The van der Waals surface area contributed by atoms with Crippen molar-refractivity contribution in [1.29, 1.82) is 0 Å². The van der Waals surface area contributed by atoms with Gasteiger partial charge in [-0.3, -0.25) is 4.79 Å². The van der Waals surface area contributed by atoms with Crippen molar-refractivity contribution in [3.8, 4) is 0 Å². The van der Waals surface area contributed by atoms with Crippen LogP contribution in [0.3, 0.4) is 0 Å². The second kappa shape index (κ2) is 8.92. The second-order valence-corrected chi connectivity index (χ2v) is 7.58. The third kappa shape index (κ3) is 5.24. The molecule has 0 aliphatic rings. The highest BCUT2D eigenvalue weighted by Crippen LogP contribution is 2.19. The Balaban J connectivity index is 2.05. The minimum Gasteiger partial charge on any atom is -0.376 e. The van der Waals surface area contributed by atoms with Crippen molar-refractivity contribution in [1.82, 2.24) is 4.31 Å². The maximum atomic E-state index is 13.6. The van der Waals surface area contributed by atoms with Gasteiger partial charge in [-0.25, -0.2) is 17.2 Å². The van der Waals surface area contributed by atoms with E-state index in [0.29, 0.717) is 24.8 Å². The molecular formula is C18H21F2N3O3S. The predicted molar refractivity (Wildman–Crippen MR) is 100 cm³/mol. The Kier molecular flexibility index (Phi) is 6.86. The molecule has 2 aromatic rings. The zero-order valence-corrected chi connectivity index (χ0v) is 15.8. The largest absolute Gasteiger partial charge is 0.376 e. The Bertz CT molecular complexity index is 916. The Hall–Kier alpha value is -2.52. The first-order valence-corrected chi connectivity index (χ1v) is 9.81. The van der Waals surface area contributed by atoms with Gasteiger partial charge < -0.3 is 10.6 Å². The van der Waals surface area contributed by atoms with Crippen LogP contribution < -0.4 is 10.6 Å². The van der Waals surface area contributed by atoms with E-state index < -0.39 is 27.6 Å². The Morgan fingerprint density at radius 1 is 1.07 bits per heavy atom. The molecule has 0 atom stereocenters. The van der Waals surface area contributed by atoms with E-state index in [2.05, 4.69) is 10.6 Å². The molecule has 6 nitrogen and oxygen atoms in total. The second-order valence-electron chi connectivity index (χ2n) is 5.64. The summed E-state index contributed by atoms with van der Waals surface area (Å²) in [6, 6.07) is 8.92. The fourth-order valence-corrected chi connectivity index (χ4v) is 3.95. The number of benzene rings is 2. The molecule has 9 heteroatoms. The number of halogens is 2. The van der Waals surface area contributed by atoms with Crippen molar-refractivity contribution in [3.63, 3.8) is 0 Å². The summed E-state index contributed by atoms with van der Waals surface area (Å²) in [6.07, 6.45) is 0. The van der Waals surface area contributed by atoms with E-state index in [1.165, 1.54) is 16.4 Å². The normalized spacial score (nSPS) is 11.4. The van der Waals surface area contributed by atoms with Crippen LogP contribution in [0.15, 0.2) is 47.4 Å². The van der Waals surface area contributed by atoms with Crippen LogP contribution in [0, 0.1) is 11.6 Å². The number of rotatable bonds is 8. The summed E-state index contributed by atoms with van der Waals surface area (Å²) in [5.74, 6) is -2.18. The maximum Gasteiger partial charge on any atom is 0.243 e. The topological polar surface area (TPSA) is 78.5 Å². The molecule has 0 bridgehead atoms. The van der Waals surface area contributed by atoms with Crippen LogP contribution in [0.25, 0.3) is 0 Å². The van der Waals surface area contributed by atoms with Crippen molar-refractivity contribution in [2.75, 3.05) is 30.3 Å². The number of anilines is 2. The minimum absolute atomic E-state index is 0.112. The van der Waals surface area contributed by atoms with E-state index in [-0.39, 0.29) is 17.1 Å². The molecule has 27 heavy (non-hydrogen) atoms. The summed E-state index contributed by atoms with van der Waals surface area (Å²) in [7, 11) is -3.61. The van der Waals surface area contributed by atoms with Crippen molar-refractivity contribution in [3.05, 3.63) is 54.1 Å². The monoisotopic (exact) mass is 397 g/mol.